The third kappa shape index (κ3) is 2.86. The molecule has 2 heterocycles. The lowest BCUT2D eigenvalue weighted by Crippen LogP contribution is -2.51. The van der Waals surface area contributed by atoms with Crippen molar-refractivity contribution in [3.8, 4) is 0 Å². The van der Waals surface area contributed by atoms with Crippen molar-refractivity contribution in [2.75, 3.05) is 7.05 Å². The number of amides is 2. The van der Waals surface area contributed by atoms with Crippen molar-refractivity contribution < 1.29 is 14.0 Å². The Morgan fingerprint density at radius 3 is 2.94 bits per heavy atom. The van der Waals surface area contributed by atoms with Gasteiger partial charge in [-0.3, -0.25) is 19.8 Å². The highest BCUT2D eigenvalue weighted by molar-refractivity contribution is 14.1. The molecule has 1 saturated heterocycles. The minimum absolute atomic E-state index is 0.111. The van der Waals surface area contributed by atoms with E-state index in [0.29, 0.717) is 19.4 Å². The number of rotatable bonds is 3. The predicted molar refractivity (Wildman–Crippen MR) is 69.1 cm³/mol. The maximum atomic E-state index is 11.8. The normalized spacial score (nSPS) is 21.1. The molecular weight excluding hydrogens is 335 g/mol. The molecule has 0 spiro atoms. The van der Waals surface area contributed by atoms with E-state index >= 15 is 0 Å². The van der Waals surface area contributed by atoms with Crippen molar-refractivity contribution in [1.29, 1.82) is 0 Å². The molecule has 1 aliphatic rings. The van der Waals surface area contributed by atoms with Gasteiger partial charge in [0.15, 0.2) is 3.77 Å². The average molecular weight is 348 g/mol. The van der Waals surface area contributed by atoms with E-state index in [2.05, 4.69) is 27.9 Å². The number of nitrogens with one attached hydrogen (secondary N) is 1. The van der Waals surface area contributed by atoms with Crippen LogP contribution in [0.25, 0.3) is 0 Å². The number of imide groups is 1. The second kappa shape index (κ2) is 5.18. The Morgan fingerprint density at radius 1 is 1.53 bits per heavy atom. The fourth-order valence-electron chi connectivity index (χ4n) is 1.78. The van der Waals surface area contributed by atoms with Crippen LogP contribution in [0.3, 0.4) is 0 Å². The van der Waals surface area contributed by atoms with E-state index < -0.39 is 0 Å². The number of carbonyl (C=O) groups excluding carboxylic acids is 2. The van der Waals surface area contributed by atoms with Gasteiger partial charge in [0.05, 0.1) is 12.6 Å². The van der Waals surface area contributed by atoms with Crippen LogP contribution in [0, 0.1) is 3.77 Å². The van der Waals surface area contributed by atoms with Crippen LogP contribution in [-0.4, -0.2) is 29.8 Å². The summed E-state index contributed by atoms with van der Waals surface area (Å²) in [7, 11) is 1.52. The Hall–Kier alpha value is -0.890. The molecule has 5 nitrogen and oxygen atoms in total. The zero-order valence-corrected chi connectivity index (χ0v) is 11.6. The van der Waals surface area contributed by atoms with Gasteiger partial charge < -0.3 is 4.42 Å². The predicted octanol–water partition coefficient (Wildman–Crippen LogP) is 1.12. The Morgan fingerprint density at radius 2 is 2.29 bits per heavy atom. The summed E-state index contributed by atoms with van der Waals surface area (Å²) in [6.45, 7) is 0.501. The fourth-order valence-corrected chi connectivity index (χ4v) is 2.24. The van der Waals surface area contributed by atoms with Crippen LogP contribution in [0.1, 0.15) is 18.6 Å². The van der Waals surface area contributed by atoms with Crippen molar-refractivity contribution in [2.45, 2.75) is 25.4 Å². The molecule has 1 unspecified atom stereocenters. The van der Waals surface area contributed by atoms with Gasteiger partial charge in [-0.1, -0.05) is 0 Å². The highest BCUT2D eigenvalue weighted by atomic mass is 127. The highest BCUT2D eigenvalue weighted by Gasteiger charge is 2.31. The van der Waals surface area contributed by atoms with E-state index in [1.165, 1.54) is 11.9 Å². The maximum Gasteiger partial charge on any atom is 0.246 e. The molecule has 2 rings (SSSR count). The molecule has 1 aromatic rings. The quantitative estimate of drug-likeness (QED) is 0.657. The lowest BCUT2D eigenvalue weighted by molar-refractivity contribution is -0.148. The molecule has 0 radical (unpaired) electrons. The van der Waals surface area contributed by atoms with Crippen molar-refractivity contribution in [2.24, 2.45) is 0 Å². The van der Waals surface area contributed by atoms with Crippen LogP contribution < -0.4 is 5.32 Å². The van der Waals surface area contributed by atoms with E-state index in [4.69, 9.17) is 4.42 Å². The van der Waals surface area contributed by atoms with Crippen LogP contribution in [0.4, 0.5) is 0 Å². The molecule has 92 valence electrons. The first-order valence-corrected chi connectivity index (χ1v) is 6.44. The lowest BCUT2D eigenvalue weighted by atomic mass is 10.0. The molecule has 1 N–H and O–H groups in total. The van der Waals surface area contributed by atoms with Gasteiger partial charge in [0, 0.05) is 13.5 Å². The number of hydrogen-bond acceptors (Lipinski definition) is 4. The number of piperidine rings is 1. The summed E-state index contributed by atoms with van der Waals surface area (Å²) < 4.78 is 6.21. The van der Waals surface area contributed by atoms with Crippen molar-refractivity contribution in [1.82, 2.24) is 10.2 Å². The number of halogens is 1. The van der Waals surface area contributed by atoms with Gasteiger partial charge in [0.1, 0.15) is 5.76 Å². The minimum Gasteiger partial charge on any atom is -0.454 e. The van der Waals surface area contributed by atoms with E-state index in [-0.39, 0.29) is 17.9 Å². The van der Waals surface area contributed by atoms with Gasteiger partial charge in [-0.05, 0) is 41.1 Å². The Bertz CT molecular complexity index is 444. The van der Waals surface area contributed by atoms with E-state index in [1.807, 2.05) is 12.1 Å². The topological polar surface area (TPSA) is 62.6 Å². The first-order valence-electron chi connectivity index (χ1n) is 5.36. The highest BCUT2D eigenvalue weighted by Crippen LogP contribution is 2.14. The summed E-state index contributed by atoms with van der Waals surface area (Å²) in [5.41, 5.74) is 0. The number of carbonyl (C=O) groups is 2. The molecule has 1 aliphatic heterocycles. The molecule has 1 aromatic heterocycles. The molecule has 0 aliphatic carbocycles. The summed E-state index contributed by atoms with van der Waals surface area (Å²) in [6.07, 6.45) is 0.968. The van der Waals surface area contributed by atoms with Crippen LogP contribution in [0.2, 0.25) is 0 Å². The second-order valence-corrected chi connectivity index (χ2v) is 5.03. The van der Waals surface area contributed by atoms with E-state index in [1.54, 1.807) is 0 Å². The second-order valence-electron chi connectivity index (χ2n) is 3.97. The van der Waals surface area contributed by atoms with Gasteiger partial charge in [0.25, 0.3) is 0 Å². The van der Waals surface area contributed by atoms with E-state index in [9.17, 15) is 9.59 Å². The summed E-state index contributed by atoms with van der Waals surface area (Å²) in [6, 6.07) is 3.45. The molecule has 6 heteroatoms. The van der Waals surface area contributed by atoms with Gasteiger partial charge in [-0.15, -0.1) is 0 Å². The molecule has 0 bridgehead atoms. The summed E-state index contributed by atoms with van der Waals surface area (Å²) in [5.74, 6) is 0.518. The fraction of sp³-hybridized carbons (Fsp3) is 0.455. The van der Waals surface area contributed by atoms with Gasteiger partial charge in [-0.25, -0.2) is 0 Å². The summed E-state index contributed by atoms with van der Waals surface area (Å²) in [5, 5.41) is 3.11. The summed E-state index contributed by atoms with van der Waals surface area (Å²) >= 11 is 2.09. The first kappa shape index (κ1) is 12.6. The number of likely N-dealkylation sites (tertiary alicyclic amines) is 1. The van der Waals surface area contributed by atoms with E-state index in [0.717, 1.165) is 9.53 Å². The third-order valence-electron chi connectivity index (χ3n) is 2.80. The zero-order valence-electron chi connectivity index (χ0n) is 9.40. The number of hydrogen-bond donors (Lipinski definition) is 1. The standard InChI is InChI=1S/C11H13IN2O3/c1-14-10(15)5-3-8(11(14)16)13-6-7-2-4-9(12)17-7/h2,4,8,13H,3,5-6H2,1H3. The van der Waals surface area contributed by atoms with Crippen molar-refractivity contribution in [3.05, 3.63) is 21.7 Å². The van der Waals surface area contributed by atoms with Crippen LogP contribution in [-0.2, 0) is 16.1 Å². The average Bonchev–Trinajstić information content (AvgIpc) is 2.71. The monoisotopic (exact) mass is 348 g/mol. The van der Waals surface area contributed by atoms with Crippen LogP contribution in [0.5, 0.6) is 0 Å². The largest absolute Gasteiger partial charge is 0.454 e. The van der Waals surface area contributed by atoms with Crippen LogP contribution in [0.15, 0.2) is 16.5 Å². The van der Waals surface area contributed by atoms with Crippen LogP contribution >= 0.6 is 22.6 Å². The molecule has 1 fully saturated rings. The molecule has 0 aromatic carbocycles. The first-order chi connectivity index (χ1) is 8.08. The minimum atomic E-state index is -0.291. The number of nitrogens with zero attached hydrogens (tertiary/aromatic N) is 1. The molecule has 0 saturated carbocycles. The Labute approximate surface area is 113 Å². The Balaban J connectivity index is 1.91. The van der Waals surface area contributed by atoms with Gasteiger partial charge in [0.2, 0.25) is 11.8 Å². The Kier molecular flexibility index (Phi) is 3.82. The number of likely N-dealkylation sites (N-methyl/N-ethyl adjacent to an activating group) is 1. The van der Waals surface area contributed by atoms with Gasteiger partial charge in [-0.2, -0.15) is 0 Å². The SMILES string of the molecule is CN1C(=O)CCC(NCc2ccc(I)o2)C1=O. The molecule has 17 heavy (non-hydrogen) atoms. The molecule has 1 atom stereocenters. The smallest absolute Gasteiger partial charge is 0.246 e. The number of furan rings is 1. The van der Waals surface area contributed by atoms with Crippen molar-refractivity contribution >= 4 is 34.4 Å². The molecule has 2 amide bonds. The van der Waals surface area contributed by atoms with Gasteiger partial charge >= 0.3 is 0 Å². The van der Waals surface area contributed by atoms with Crippen molar-refractivity contribution in [3.63, 3.8) is 0 Å². The third-order valence-corrected chi connectivity index (χ3v) is 3.38. The maximum absolute atomic E-state index is 11.8. The zero-order chi connectivity index (χ0) is 12.4. The summed E-state index contributed by atoms with van der Waals surface area (Å²) in [4.78, 5) is 24.2. The molecular formula is C11H13IN2O3. The lowest BCUT2D eigenvalue weighted by Gasteiger charge is -2.28.